The molecular formula is C16H20O2. The fourth-order valence-electron chi connectivity index (χ4n) is 1.62. The van der Waals surface area contributed by atoms with E-state index in [9.17, 15) is 4.79 Å². The summed E-state index contributed by atoms with van der Waals surface area (Å²) in [7, 11) is 0. The third kappa shape index (κ3) is 5.48. The Labute approximate surface area is 109 Å². The van der Waals surface area contributed by atoms with Crippen molar-refractivity contribution < 1.29 is 9.53 Å². The van der Waals surface area contributed by atoms with Crippen LogP contribution in [0.1, 0.15) is 25.8 Å². The van der Waals surface area contributed by atoms with E-state index in [1.165, 1.54) is 11.6 Å². The monoisotopic (exact) mass is 244 g/mol. The highest BCUT2D eigenvalue weighted by molar-refractivity contribution is 5.82. The largest absolute Gasteiger partial charge is 0.463 e. The Kier molecular flexibility index (Phi) is 6.55. The zero-order chi connectivity index (χ0) is 13.2. The minimum absolute atomic E-state index is 0.281. The van der Waals surface area contributed by atoms with Gasteiger partial charge in [-0.25, -0.2) is 4.79 Å². The van der Waals surface area contributed by atoms with Gasteiger partial charge < -0.3 is 4.74 Å². The number of aryl methyl sites for hydroxylation is 1. The van der Waals surface area contributed by atoms with Crippen LogP contribution in [0.25, 0.3) is 0 Å². The molecule has 0 amide bonds. The van der Waals surface area contributed by atoms with Crippen molar-refractivity contribution >= 4 is 5.97 Å². The highest BCUT2D eigenvalue weighted by Gasteiger charge is 1.97. The summed E-state index contributed by atoms with van der Waals surface area (Å²) in [6.45, 7) is 4.20. The molecule has 0 saturated carbocycles. The molecule has 0 aliphatic heterocycles. The van der Waals surface area contributed by atoms with Crippen molar-refractivity contribution in [3.05, 3.63) is 59.7 Å². The van der Waals surface area contributed by atoms with Gasteiger partial charge in [0.15, 0.2) is 0 Å². The van der Waals surface area contributed by atoms with E-state index in [0.29, 0.717) is 6.61 Å². The first-order valence-electron chi connectivity index (χ1n) is 6.30. The van der Waals surface area contributed by atoms with Crippen LogP contribution in [0.2, 0.25) is 0 Å². The van der Waals surface area contributed by atoms with Crippen LogP contribution in [0.5, 0.6) is 0 Å². The maximum atomic E-state index is 11.2. The highest BCUT2D eigenvalue weighted by Crippen LogP contribution is 2.10. The minimum Gasteiger partial charge on any atom is -0.463 e. The zero-order valence-corrected chi connectivity index (χ0v) is 11.1. The third-order valence-corrected chi connectivity index (χ3v) is 2.64. The van der Waals surface area contributed by atoms with Gasteiger partial charge in [-0.05, 0) is 32.3 Å². The Hall–Kier alpha value is -1.83. The molecule has 96 valence electrons. The molecule has 0 aliphatic rings. The van der Waals surface area contributed by atoms with Crippen LogP contribution in [0.4, 0.5) is 0 Å². The number of carbonyl (C=O) groups excluding carboxylic acids is 1. The van der Waals surface area contributed by atoms with Crippen LogP contribution in [0.15, 0.2) is 54.1 Å². The first-order chi connectivity index (χ1) is 8.76. The summed E-state index contributed by atoms with van der Waals surface area (Å²) in [6.07, 6.45) is 7.26. The SMILES string of the molecule is C/C=C(\C=C\C(=O)OCC)CCc1ccccc1. The topological polar surface area (TPSA) is 26.3 Å². The second kappa shape index (κ2) is 8.29. The molecule has 0 spiro atoms. The van der Waals surface area contributed by atoms with Gasteiger partial charge >= 0.3 is 5.97 Å². The van der Waals surface area contributed by atoms with Crippen molar-refractivity contribution in [1.82, 2.24) is 0 Å². The van der Waals surface area contributed by atoms with E-state index in [-0.39, 0.29) is 5.97 Å². The predicted octanol–water partition coefficient (Wildman–Crippen LogP) is 3.68. The van der Waals surface area contributed by atoms with Crippen molar-refractivity contribution in [3.63, 3.8) is 0 Å². The Morgan fingerprint density at radius 1 is 1.22 bits per heavy atom. The number of rotatable bonds is 6. The molecule has 0 heterocycles. The number of ether oxygens (including phenoxy) is 1. The lowest BCUT2D eigenvalue weighted by atomic mass is 10.0. The number of carbonyl (C=O) groups is 1. The molecular weight excluding hydrogens is 224 g/mol. The summed E-state index contributed by atoms with van der Waals surface area (Å²) in [5, 5.41) is 0. The zero-order valence-electron chi connectivity index (χ0n) is 11.1. The normalized spacial score (nSPS) is 11.8. The number of allylic oxidation sites excluding steroid dienone is 3. The molecule has 18 heavy (non-hydrogen) atoms. The standard InChI is InChI=1S/C16H20O2/c1-3-14(12-13-16(17)18-4-2)10-11-15-8-6-5-7-9-15/h3,5-9,12-13H,4,10-11H2,1-2H3/b13-12+,14-3-. The molecule has 2 nitrogen and oxygen atoms in total. The summed E-state index contributed by atoms with van der Waals surface area (Å²) in [4.78, 5) is 11.2. The van der Waals surface area contributed by atoms with Crippen LogP contribution in [0, 0.1) is 0 Å². The van der Waals surface area contributed by atoms with Gasteiger partial charge in [0.2, 0.25) is 0 Å². The number of benzene rings is 1. The van der Waals surface area contributed by atoms with Crippen LogP contribution in [0.3, 0.4) is 0 Å². The summed E-state index contributed by atoms with van der Waals surface area (Å²) >= 11 is 0. The molecule has 1 rings (SSSR count). The molecule has 0 aromatic heterocycles. The Balaban J connectivity index is 2.46. The molecule has 2 heteroatoms. The number of esters is 1. The van der Waals surface area contributed by atoms with Crippen molar-refractivity contribution in [1.29, 1.82) is 0 Å². The average Bonchev–Trinajstić information content (AvgIpc) is 2.40. The van der Waals surface area contributed by atoms with Gasteiger partial charge in [0.05, 0.1) is 6.61 Å². The van der Waals surface area contributed by atoms with Gasteiger partial charge in [-0.3, -0.25) is 0 Å². The first kappa shape index (κ1) is 14.2. The Morgan fingerprint density at radius 2 is 1.94 bits per heavy atom. The Morgan fingerprint density at radius 3 is 2.56 bits per heavy atom. The van der Waals surface area contributed by atoms with E-state index in [4.69, 9.17) is 4.74 Å². The van der Waals surface area contributed by atoms with E-state index in [1.54, 1.807) is 6.92 Å². The van der Waals surface area contributed by atoms with Crippen molar-refractivity contribution in [3.8, 4) is 0 Å². The molecule has 0 radical (unpaired) electrons. The molecule has 0 saturated heterocycles. The molecule has 0 unspecified atom stereocenters. The smallest absolute Gasteiger partial charge is 0.330 e. The summed E-state index contributed by atoms with van der Waals surface area (Å²) in [6, 6.07) is 10.3. The summed E-state index contributed by atoms with van der Waals surface area (Å²) < 4.78 is 4.85. The van der Waals surface area contributed by atoms with Gasteiger partial charge in [0.1, 0.15) is 0 Å². The number of hydrogen-bond acceptors (Lipinski definition) is 2. The van der Waals surface area contributed by atoms with E-state index in [2.05, 4.69) is 12.1 Å². The van der Waals surface area contributed by atoms with Gasteiger partial charge in [-0.15, -0.1) is 0 Å². The van der Waals surface area contributed by atoms with Crippen molar-refractivity contribution in [2.75, 3.05) is 6.61 Å². The second-order valence-electron chi connectivity index (χ2n) is 3.93. The van der Waals surface area contributed by atoms with Crippen LogP contribution < -0.4 is 0 Å². The maximum Gasteiger partial charge on any atom is 0.330 e. The van der Waals surface area contributed by atoms with Crippen molar-refractivity contribution in [2.45, 2.75) is 26.7 Å². The van der Waals surface area contributed by atoms with Crippen molar-refractivity contribution in [2.24, 2.45) is 0 Å². The molecule has 0 aliphatic carbocycles. The van der Waals surface area contributed by atoms with Crippen LogP contribution in [-0.4, -0.2) is 12.6 Å². The van der Waals surface area contributed by atoms with Crippen LogP contribution >= 0.6 is 0 Å². The van der Waals surface area contributed by atoms with Gasteiger partial charge in [-0.2, -0.15) is 0 Å². The van der Waals surface area contributed by atoms with Crippen LogP contribution in [-0.2, 0) is 16.0 Å². The number of hydrogen-bond donors (Lipinski definition) is 0. The van der Waals surface area contributed by atoms with Gasteiger partial charge in [0.25, 0.3) is 0 Å². The molecule has 0 N–H and O–H groups in total. The lowest BCUT2D eigenvalue weighted by Gasteiger charge is -2.02. The predicted molar refractivity (Wildman–Crippen MR) is 74.3 cm³/mol. The van der Waals surface area contributed by atoms with E-state index < -0.39 is 0 Å². The lowest BCUT2D eigenvalue weighted by molar-refractivity contribution is -0.137. The molecule has 0 bridgehead atoms. The van der Waals surface area contributed by atoms with Gasteiger partial charge in [0, 0.05) is 6.08 Å². The van der Waals surface area contributed by atoms with Gasteiger partial charge in [-0.1, -0.05) is 48.1 Å². The quantitative estimate of drug-likeness (QED) is 0.433. The first-order valence-corrected chi connectivity index (χ1v) is 6.30. The fraction of sp³-hybridized carbons (Fsp3) is 0.312. The second-order valence-corrected chi connectivity index (χ2v) is 3.93. The minimum atomic E-state index is -0.281. The highest BCUT2D eigenvalue weighted by atomic mass is 16.5. The van der Waals surface area contributed by atoms with E-state index in [0.717, 1.165) is 18.4 Å². The van der Waals surface area contributed by atoms with E-state index >= 15 is 0 Å². The molecule has 1 aromatic carbocycles. The molecule has 0 atom stereocenters. The van der Waals surface area contributed by atoms with E-state index in [1.807, 2.05) is 37.3 Å². The maximum absolute atomic E-state index is 11.2. The lowest BCUT2D eigenvalue weighted by Crippen LogP contribution is -1.99. The summed E-state index contributed by atoms with van der Waals surface area (Å²) in [5.74, 6) is -0.281. The fourth-order valence-corrected chi connectivity index (χ4v) is 1.62. The Bertz CT molecular complexity index is 416. The summed E-state index contributed by atoms with van der Waals surface area (Å²) in [5.41, 5.74) is 2.45. The molecule has 0 fully saturated rings. The third-order valence-electron chi connectivity index (χ3n) is 2.64. The average molecular weight is 244 g/mol. The molecule has 1 aromatic rings.